The standard InChI is InChI=1S/C12H17N3O3/c1-8(11(13)15-17)7-14-12(16)9-4-3-5-10(6-9)18-2/h3-6,8,17H,7H2,1-2H3,(H2,13,15)(H,14,16). The Bertz CT molecular complexity index is 446. The molecule has 0 saturated carbocycles. The summed E-state index contributed by atoms with van der Waals surface area (Å²) in [6, 6.07) is 6.83. The molecule has 98 valence electrons. The molecule has 1 unspecified atom stereocenters. The first-order valence-electron chi connectivity index (χ1n) is 5.48. The number of ether oxygens (including phenoxy) is 1. The van der Waals surface area contributed by atoms with Gasteiger partial charge in [-0.3, -0.25) is 4.79 Å². The molecule has 0 bridgehead atoms. The maximum atomic E-state index is 11.8. The summed E-state index contributed by atoms with van der Waals surface area (Å²) >= 11 is 0. The van der Waals surface area contributed by atoms with Crippen LogP contribution in [-0.2, 0) is 0 Å². The van der Waals surface area contributed by atoms with E-state index in [-0.39, 0.29) is 17.7 Å². The van der Waals surface area contributed by atoms with Crippen molar-refractivity contribution in [3.05, 3.63) is 29.8 Å². The van der Waals surface area contributed by atoms with E-state index < -0.39 is 0 Å². The molecule has 0 aliphatic rings. The summed E-state index contributed by atoms with van der Waals surface area (Å²) in [6.07, 6.45) is 0. The second kappa shape index (κ2) is 6.48. The highest BCUT2D eigenvalue weighted by Crippen LogP contribution is 2.12. The van der Waals surface area contributed by atoms with Gasteiger partial charge < -0.3 is 21.0 Å². The second-order valence-corrected chi connectivity index (χ2v) is 3.87. The van der Waals surface area contributed by atoms with Gasteiger partial charge in [0.15, 0.2) is 0 Å². The minimum atomic E-state index is -0.232. The summed E-state index contributed by atoms with van der Waals surface area (Å²) < 4.78 is 5.03. The van der Waals surface area contributed by atoms with Gasteiger partial charge in [-0.1, -0.05) is 18.1 Å². The van der Waals surface area contributed by atoms with Gasteiger partial charge in [-0.15, -0.1) is 0 Å². The highest BCUT2D eigenvalue weighted by atomic mass is 16.5. The highest BCUT2D eigenvalue weighted by molar-refractivity contribution is 5.95. The number of nitrogens with two attached hydrogens (primary N) is 1. The van der Waals surface area contributed by atoms with Gasteiger partial charge in [0.2, 0.25) is 0 Å². The molecule has 0 radical (unpaired) electrons. The van der Waals surface area contributed by atoms with Crippen molar-refractivity contribution in [3.8, 4) is 5.75 Å². The smallest absolute Gasteiger partial charge is 0.251 e. The number of nitrogens with one attached hydrogen (secondary N) is 1. The number of carbonyl (C=O) groups is 1. The lowest BCUT2D eigenvalue weighted by Gasteiger charge is -2.11. The molecule has 1 aromatic rings. The van der Waals surface area contributed by atoms with E-state index >= 15 is 0 Å². The summed E-state index contributed by atoms with van der Waals surface area (Å²) in [6.45, 7) is 2.05. The topological polar surface area (TPSA) is 96.9 Å². The van der Waals surface area contributed by atoms with Crippen molar-refractivity contribution < 1.29 is 14.7 Å². The van der Waals surface area contributed by atoms with Gasteiger partial charge in [-0.05, 0) is 18.2 Å². The molecule has 4 N–H and O–H groups in total. The first-order valence-corrected chi connectivity index (χ1v) is 5.48. The van der Waals surface area contributed by atoms with Gasteiger partial charge in [0.05, 0.1) is 7.11 Å². The average Bonchev–Trinajstić information content (AvgIpc) is 2.43. The number of hydrogen-bond acceptors (Lipinski definition) is 4. The molecule has 18 heavy (non-hydrogen) atoms. The van der Waals surface area contributed by atoms with Crippen LogP contribution < -0.4 is 15.8 Å². The lowest BCUT2D eigenvalue weighted by Crippen LogP contribution is -2.34. The van der Waals surface area contributed by atoms with E-state index in [1.165, 1.54) is 7.11 Å². The minimum absolute atomic E-state index is 0.0842. The van der Waals surface area contributed by atoms with Crippen LogP contribution in [0.5, 0.6) is 5.75 Å². The number of hydrogen-bond donors (Lipinski definition) is 3. The molecule has 1 aromatic carbocycles. The lowest BCUT2D eigenvalue weighted by atomic mass is 10.1. The maximum Gasteiger partial charge on any atom is 0.251 e. The Kier molecular flexibility index (Phi) is 4.98. The monoisotopic (exact) mass is 251 g/mol. The van der Waals surface area contributed by atoms with Crippen LogP contribution in [0.1, 0.15) is 17.3 Å². The van der Waals surface area contributed by atoms with Gasteiger partial charge in [0, 0.05) is 18.0 Å². The largest absolute Gasteiger partial charge is 0.497 e. The Labute approximate surface area is 105 Å². The fourth-order valence-corrected chi connectivity index (χ4v) is 1.32. The number of amides is 1. The number of oxime groups is 1. The van der Waals surface area contributed by atoms with E-state index in [1.807, 2.05) is 0 Å². The fourth-order valence-electron chi connectivity index (χ4n) is 1.32. The predicted molar refractivity (Wildman–Crippen MR) is 67.9 cm³/mol. The maximum absolute atomic E-state index is 11.8. The number of rotatable bonds is 5. The van der Waals surface area contributed by atoms with E-state index in [4.69, 9.17) is 15.7 Å². The average molecular weight is 251 g/mol. The van der Waals surface area contributed by atoms with Crippen LogP contribution >= 0.6 is 0 Å². The molecule has 0 fully saturated rings. The predicted octanol–water partition coefficient (Wildman–Crippen LogP) is 0.807. The van der Waals surface area contributed by atoms with Crippen LogP contribution in [0, 0.1) is 5.92 Å². The van der Waals surface area contributed by atoms with Crippen LogP contribution in [0.3, 0.4) is 0 Å². The molecule has 6 nitrogen and oxygen atoms in total. The van der Waals surface area contributed by atoms with E-state index in [9.17, 15) is 4.79 Å². The molecule has 1 rings (SSSR count). The van der Waals surface area contributed by atoms with Crippen molar-refractivity contribution in [3.63, 3.8) is 0 Å². The second-order valence-electron chi connectivity index (χ2n) is 3.87. The van der Waals surface area contributed by atoms with Crippen molar-refractivity contribution >= 4 is 11.7 Å². The summed E-state index contributed by atoms with van der Waals surface area (Å²) in [7, 11) is 1.54. The molecule has 1 atom stereocenters. The van der Waals surface area contributed by atoms with E-state index in [1.54, 1.807) is 31.2 Å². The summed E-state index contributed by atoms with van der Waals surface area (Å²) in [4.78, 5) is 11.8. The van der Waals surface area contributed by atoms with Crippen LogP contribution in [-0.4, -0.2) is 30.6 Å². The molecular weight excluding hydrogens is 234 g/mol. The van der Waals surface area contributed by atoms with E-state index in [2.05, 4.69) is 10.5 Å². The summed E-state index contributed by atoms with van der Waals surface area (Å²) in [5.74, 6) is 0.240. The van der Waals surface area contributed by atoms with Crippen LogP contribution in [0.15, 0.2) is 29.4 Å². The number of carbonyl (C=O) groups excluding carboxylic acids is 1. The van der Waals surface area contributed by atoms with Gasteiger partial charge in [0.25, 0.3) is 5.91 Å². The first kappa shape index (κ1) is 13.8. The third-order valence-electron chi connectivity index (χ3n) is 2.52. The minimum Gasteiger partial charge on any atom is -0.497 e. The summed E-state index contributed by atoms with van der Waals surface area (Å²) in [5, 5.41) is 14.1. The Morgan fingerprint density at radius 2 is 2.33 bits per heavy atom. The Morgan fingerprint density at radius 3 is 2.94 bits per heavy atom. The van der Waals surface area contributed by atoms with Gasteiger partial charge in [-0.2, -0.15) is 0 Å². The fraction of sp³-hybridized carbons (Fsp3) is 0.333. The van der Waals surface area contributed by atoms with Crippen molar-refractivity contribution in [2.45, 2.75) is 6.92 Å². The number of benzene rings is 1. The number of nitrogens with zero attached hydrogens (tertiary/aromatic N) is 1. The van der Waals surface area contributed by atoms with Gasteiger partial charge in [-0.25, -0.2) is 0 Å². The summed E-state index contributed by atoms with van der Waals surface area (Å²) in [5.41, 5.74) is 5.92. The first-order chi connectivity index (χ1) is 8.58. The molecule has 0 heterocycles. The van der Waals surface area contributed by atoms with Crippen molar-refractivity contribution in [2.24, 2.45) is 16.8 Å². The van der Waals surface area contributed by atoms with E-state index in [0.717, 1.165) is 0 Å². The molecule has 0 saturated heterocycles. The van der Waals surface area contributed by atoms with Crippen molar-refractivity contribution in [1.29, 1.82) is 0 Å². The van der Waals surface area contributed by atoms with Gasteiger partial charge in [0.1, 0.15) is 11.6 Å². The molecule has 0 aliphatic carbocycles. The van der Waals surface area contributed by atoms with Crippen molar-refractivity contribution in [1.82, 2.24) is 5.32 Å². The lowest BCUT2D eigenvalue weighted by molar-refractivity contribution is 0.0950. The SMILES string of the molecule is COc1cccc(C(=O)NCC(C)C(N)=NO)c1. The van der Waals surface area contributed by atoms with Crippen LogP contribution in [0.4, 0.5) is 0 Å². The quantitative estimate of drug-likeness (QED) is 0.312. The molecule has 6 heteroatoms. The Balaban J connectivity index is 2.60. The normalized spacial score (nSPS) is 12.9. The Morgan fingerprint density at radius 1 is 1.61 bits per heavy atom. The zero-order valence-corrected chi connectivity index (χ0v) is 10.4. The molecule has 0 spiro atoms. The zero-order valence-electron chi connectivity index (χ0n) is 10.4. The highest BCUT2D eigenvalue weighted by Gasteiger charge is 2.11. The molecule has 1 amide bonds. The Hall–Kier alpha value is -2.24. The van der Waals surface area contributed by atoms with E-state index in [0.29, 0.717) is 17.9 Å². The van der Waals surface area contributed by atoms with Crippen molar-refractivity contribution in [2.75, 3.05) is 13.7 Å². The third kappa shape index (κ3) is 3.65. The van der Waals surface area contributed by atoms with Crippen LogP contribution in [0.25, 0.3) is 0 Å². The third-order valence-corrected chi connectivity index (χ3v) is 2.52. The van der Waals surface area contributed by atoms with Gasteiger partial charge >= 0.3 is 0 Å². The number of methoxy groups -OCH3 is 1. The van der Waals surface area contributed by atoms with Crippen LogP contribution in [0.2, 0.25) is 0 Å². The number of amidine groups is 1. The zero-order chi connectivity index (χ0) is 13.5. The molecule has 0 aliphatic heterocycles. The molecule has 0 aromatic heterocycles. The molecular formula is C12H17N3O3.